The van der Waals surface area contributed by atoms with Crippen molar-refractivity contribution < 1.29 is 4.79 Å². The number of amides is 1. The monoisotopic (exact) mass is 344 g/mol. The summed E-state index contributed by atoms with van der Waals surface area (Å²) < 4.78 is 0. The van der Waals surface area contributed by atoms with Crippen molar-refractivity contribution in [3.63, 3.8) is 0 Å². The number of nitrogens with one attached hydrogen (secondary N) is 1. The first-order chi connectivity index (χ1) is 12.6. The van der Waals surface area contributed by atoms with Gasteiger partial charge in [0.05, 0.1) is 12.4 Å². The number of rotatable bonds is 3. The fraction of sp³-hybridized carbons (Fsp3) is 0.190. The first-order valence-corrected chi connectivity index (χ1v) is 8.68. The van der Waals surface area contributed by atoms with E-state index in [0.717, 1.165) is 17.8 Å². The Morgan fingerprint density at radius 3 is 2.65 bits per heavy atom. The van der Waals surface area contributed by atoms with Crippen LogP contribution < -0.4 is 10.2 Å². The molecule has 1 aromatic heterocycles. The summed E-state index contributed by atoms with van der Waals surface area (Å²) in [7, 11) is 0. The van der Waals surface area contributed by atoms with Crippen LogP contribution in [-0.4, -0.2) is 22.4 Å². The molecule has 5 nitrogen and oxygen atoms in total. The molecule has 0 bridgehead atoms. The molecule has 0 spiro atoms. The molecule has 5 heteroatoms. The van der Waals surface area contributed by atoms with Gasteiger partial charge in [0, 0.05) is 17.9 Å². The standard InChI is InChI=1S/C21H20N4O/c1-14-7-8-17(11-15(14)2)24-20-13-22-18(12-23-20)21(26)25-10-9-16-5-3-4-6-19(16)25/h3-8,11-13H,9-10H2,1-2H3,(H,23,24). The molecule has 1 amide bonds. The van der Waals surface area contributed by atoms with Crippen LogP contribution in [0.4, 0.5) is 17.2 Å². The molecular weight excluding hydrogens is 324 g/mol. The molecule has 26 heavy (non-hydrogen) atoms. The van der Waals surface area contributed by atoms with Gasteiger partial charge in [-0.1, -0.05) is 24.3 Å². The van der Waals surface area contributed by atoms with Gasteiger partial charge in [-0.05, 0) is 55.2 Å². The van der Waals surface area contributed by atoms with Gasteiger partial charge in [0.1, 0.15) is 11.5 Å². The summed E-state index contributed by atoms with van der Waals surface area (Å²) in [5.41, 5.74) is 5.93. The van der Waals surface area contributed by atoms with Crippen molar-refractivity contribution in [3.05, 3.63) is 77.2 Å². The zero-order valence-electron chi connectivity index (χ0n) is 14.9. The summed E-state index contributed by atoms with van der Waals surface area (Å²) in [5.74, 6) is 0.506. The van der Waals surface area contributed by atoms with Gasteiger partial charge in [-0.3, -0.25) is 4.79 Å². The summed E-state index contributed by atoms with van der Waals surface area (Å²) in [5, 5.41) is 3.22. The van der Waals surface area contributed by atoms with Crippen molar-refractivity contribution in [3.8, 4) is 0 Å². The van der Waals surface area contributed by atoms with Crippen molar-refractivity contribution in [2.24, 2.45) is 0 Å². The van der Waals surface area contributed by atoms with Gasteiger partial charge in [-0.15, -0.1) is 0 Å². The summed E-state index contributed by atoms with van der Waals surface area (Å²) in [6.45, 7) is 4.83. The van der Waals surface area contributed by atoms with Gasteiger partial charge >= 0.3 is 0 Å². The fourth-order valence-corrected chi connectivity index (χ4v) is 3.16. The average Bonchev–Trinajstić information content (AvgIpc) is 3.09. The minimum Gasteiger partial charge on any atom is -0.339 e. The molecule has 0 unspecified atom stereocenters. The zero-order valence-corrected chi connectivity index (χ0v) is 14.9. The Hall–Kier alpha value is -3.21. The van der Waals surface area contributed by atoms with Crippen LogP contribution in [0.5, 0.6) is 0 Å². The first kappa shape index (κ1) is 16.3. The maximum absolute atomic E-state index is 12.8. The van der Waals surface area contributed by atoms with E-state index in [-0.39, 0.29) is 5.91 Å². The largest absolute Gasteiger partial charge is 0.339 e. The van der Waals surface area contributed by atoms with Crippen LogP contribution in [0, 0.1) is 13.8 Å². The Balaban J connectivity index is 1.51. The van der Waals surface area contributed by atoms with Crippen LogP contribution in [-0.2, 0) is 6.42 Å². The number of aromatic nitrogens is 2. The van der Waals surface area contributed by atoms with Gasteiger partial charge in [0.2, 0.25) is 0 Å². The third kappa shape index (κ3) is 3.04. The third-order valence-corrected chi connectivity index (χ3v) is 4.78. The molecule has 0 fully saturated rings. The normalized spacial score (nSPS) is 12.8. The van der Waals surface area contributed by atoms with E-state index in [9.17, 15) is 4.79 Å². The summed E-state index contributed by atoms with van der Waals surface area (Å²) in [6, 6.07) is 14.1. The highest BCUT2D eigenvalue weighted by Crippen LogP contribution is 2.28. The van der Waals surface area contributed by atoms with E-state index in [4.69, 9.17) is 0 Å². The Labute approximate surface area is 152 Å². The number of benzene rings is 2. The lowest BCUT2D eigenvalue weighted by Gasteiger charge is -2.16. The van der Waals surface area contributed by atoms with E-state index in [1.54, 1.807) is 11.1 Å². The van der Waals surface area contributed by atoms with Crippen LogP contribution in [0.1, 0.15) is 27.2 Å². The van der Waals surface area contributed by atoms with Gasteiger partial charge in [-0.2, -0.15) is 0 Å². The van der Waals surface area contributed by atoms with Crippen molar-refractivity contribution >= 4 is 23.1 Å². The van der Waals surface area contributed by atoms with Gasteiger partial charge < -0.3 is 10.2 Å². The fourth-order valence-electron chi connectivity index (χ4n) is 3.16. The second-order valence-corrected chi connectivity index (χ2v) is 6.55. The number of hydrogen-bond donors (Lipinski definition) is 1. The molecule has 0 atom stereocenters. The summed E-state index contributed by atoms with van der Waals surface area (Å²) in [6.07, 6.45) is 4.01. The molecule has 2 heterocycles. The van der Waals surface area contributed by atoms with Crippen LogP contribution in [0.2, 0.25) is 0 Å². The van der Waals surface area contributed by atoms with E-state index in [0.29, 0.717) is 18.1 Å². The van der Waals surface area contributed by atoms with Crippen molar-refractivity contribution in [2.45, 2.75) is 20.3 Å². The predicted octanol–water partition coefficient (Wildman–Crippen LogP) is 4.04. The number of carbonyl (C=O) groups excluding carboxylic acids is 1. The predicted molar refractivity (Wildman–Crippen MR) is 103 cm³/mol. The van der Waals surface area contributed by atoms with Gasteiger partial charge in [0.25, 0.3) is 5.91 Å². The number of carbonyl (C=O) groups is 1. The molecule has 4 rings (SSSR count). The van der Waals surface area contributed by atoms with Crippen LogP contribution in [0.15, 0.2) is 54.9 Å². The average molecular weight is 344 g/mol. The molecule has 3 aromatic rings. The summed E-state index contributed by atoms with van der Waals surface area (Å²) >= 11 is 0. The molecule has 1 aliphatic rings. The minimum atomic E-state index is -0.111. The lowest BCUT2D eigenvalue weighted by molar-refractivity contribution is 0.0984. The minimum absolute atomic E-state index is 0.111. The molecule has 0 saturated carbocycles. The zero-order chi connectivity index (χ0) is 18.1. The maximum Gasteiger partial charge on any atom is 0.278 e. The van der Waals surface area contributed by atoms with Crippen molar-refractivity contribution in [1.82, 2.24) is 9.97 Å². The van der Waals surface area contributed by atoms with Crippen molar-refractivity contribution in [2.75, 3.05) is 16.8 Å². The highest BCUT2D eigenvalue weighted by atomic mass is 16.2. The number of hydrogen-bond acceptors (Lipinski definition) is 4. The number of fused-ring (bicyclic) bond motifs is 1. The van der Waals surface area contributed by atoms with E-state index in [1.807, 2.05) is 24.3 Å². The highest BCUT2D eigenvalue weighted by Gasteiger charge is 2.26. The molecule has 0 radical (unpaired) electrons. The number of aryl methyl sites for hydroxylation is 2. The van der Waals surface area contributed by atoms with Crippen LogP contribution in [0.25, 0.3) is 0 Å². The summed E-state index contributed by atoms with van der Waals surface area (Å²) in [4.78, 5) is 23.2. The number of nitrogens with zero attached hydrogens (tertiary/aromatic N) is 3. The molecule has 0 aliphatic carbocycles. The quantitative estimate of drug-likeness (QED) is 0.779. The third-order valence-electron chi connectivity index (χ3n) is 4.78. The highest BCUT2D eigenvalue weighted by molar-refractivity contribution is 6.05. The Morgan fingerprint density at radius 2 is 1.88 bits per heavy atom. The number of anilines is 3. The maximum atomic E-state index is 12.8. The van der Waals surface area contributed by atoms with Crippen molar-refractivity contribution in [1.29, 1.82) is 0 Å². The van der Waals surface area contributed by atoms with E-state index in [2.05, 4.69) is 47.3 Å². The smallest absolute Gasteiger partial charge is 0.278 e. The second-order valence-electron chi connectivity index (χ2n) is 6.55. The Kier molecular flexibility index (Phi) is 4.13. The molecule has 2 aromatic carbocycles. The molecule has 1 aliphatic heterocycles. The molecule has 130 valence electrons. The first-order valence-electron chi connectivity index (χ1n) is 8.68. The Morgan fingerprint density at radius 1 is 1.04 bits per heavy atom. The molecule has 0 saturated heterocycles. The lowest BCUT2D eigenvalue weighted by Crippen LogP contribution is -2.29. The van der Waals surface area contributed by atoms with E-state index < -0.39 is 0 Å². The van der Waals surface area contributed by atoms with E-state index >= 15 is 0 Å². The van der Waals surface area contributed by atoms with Crippen LogP contribution >= 0.6 is 0 Å². The van der Waals surface area contributed by atoms with Gasteiger partial charge in [0.15, 0.2) is 0 Å². The second kappa shape index (κ2) is 6.59. The SMILES string of the molecule is Cc1ccc(Nc2cnc(C(=O)N3CCc4ccccc43)cn2)cc1C. The molecule has 1 N–H and O–H groups in total. The Bertz CT molecular complexity index is 966. The van der Waals surface area contributed by atoms with E-state index in [1.165, 1.54) is 22.9 Å². The topological polar surface area (TPSA) is 58.1 Å². The van der Waals surface area contributed by atoms with Crippen LogP contribution in [0.3, 0.4) is 0 Å². The molecular formula is C21H20N4O. The number of para-hydroxylation sites is 1. The lowest BCUT2D eigenvalue weighted by atomic mass is 10.1. The van der Waals surface area contributed by atoms with Gasteiger partial charge in [-0.25, -0.2) is 9.97 Å².